The zero-order chi connectivity index (χ0) is 24.7. The van der Waals surface area contributed by atoms with Gasteiger partial charge in [0.1, 0.15) is 6.61 Å². The first kappa shape index (κ1) is 26.0. The highest BCUT2D eigenvalue weighted by Crippen LogP contribution is 2.34. The monoisotopic (exact) mass is 590 g/mol. The van der Waals surface area contributed by atoms with E-state index in [-0.39, 0.29) is 17.7 Å². The summed E-state index contributed by atoms with van der Waals surface area (Å²) in [6, 6.07) is 19.3. The van der Waals surface area contributed by atoms with Crippen molar-refractivity contribution in [1.29, 1.82) is 0 Å². The largest absolute Gasteiger partial charge is 0.493 e. The molecule has 0 fully saturated rings. The van der Waals surface area contributed by atoms with E-state index >= 15 is 0 Å². The van der Waals surface area contributed by atoms with Gasteiger partial charge in [0.15, 0.2) is 11.5 Å². The Kier molecular flexibility index (Phi) is 8.97. The van der Waals surface area contributed by atoms with Gasteiger partial charge in [-0.2, -0.15) is 5.10 Å². The SMILES string of the molecule is COc1cc(/C=N\NC(=O)Cc2ccc(C(C)(C)C)cc2)cc(I)c1OCc1ccc(Cl)cc1. The zero-order valence-electron chi connectivity index (χ0n) is 19.7. The Hall–Kier alpha value is -2.58. The average molecular weight is 591 g/mol. The van der Waals surface area contributed by atoms with Crippen LogP contribution in [0.1, 0.15) is 43.0 Å². The molecule has 3 aromatic carbocycles. The minimum atomic E-state index is -0.177. The van der Waals surface area contributed by atoms with Crippen molar-refractivity contribution in [2.24, 2.45) is 5.10 Å². The second-order valence-electron chi connectivity index (χ2n) is 8.87. The van der Waals surface area contributed by atoms with Crippen LogP contribution in [-0.4, -0.2) is 19.2 Å². The number of benzene rings is 3. The lowest BCUT2D eigenvalue weighted by Gasteiger charge is -2.19. The molecule has 0 aliphatic heterocycles. The van der Waals surface area contributed by atoms with Gasteiger partial charge in [0.25, 0.3) is 0 Å². The van der Waals surface area contributed by atoms with Crippen molar-refractivity contribution in [2.45, 2.75) is 39.2 Å². The Morgan fingerprint density at radius 1 is 1.06 bits per heavy atom. The molecule has 3 rings (SSSR count). The fraction of sp³-hybridized carbons (Fsp3) is 0.259. The summed E-state index contributed by atoms with van der Waals surface area (Å²) >= 11 is 8.14. The summed E-state index contributed by atoms with van der Waals surface area (Å²) in [5, 5.41) is 4.79. The molecule has 0 radical (unpaired) electrons. The molecule has 3 aromatic rings. The number of ether oxygens (including phenoxy) is 2. The number of halogens is 2. The van der Waals surface area contributed by atoms with Crippen LogP contribution in [0.2, 0.25) is 5.02 Å². The lowest BCUT2D eigenvalue weighted by molar-refractivity contribution is -0.120. The zero-order valence-corrected chi connectivity index (χ0v) is 22.6. The fourth-order valence-corrected chi connectivity index (χ4v) is 4.12. The van der Waals surface area contributed by atoms with E-state index in [4.69, 9.17) is 21.1 Å². The standard InChI is InChI=1S/C27H28ClIN2O3/c1-27(2,3)21-9-5-18(6-10-21)15-25(32)31-30-16-20-13-23(29)26(24(14-20)33-4)34-17-19-7-11-22(28)12-8-19/h5-14,16H,15,17H2,1-4H3,(H,31,32)/b30-16-. The number of rotatable bonds is 8. The first-order valence-electron chi connectivity index (χ1n) is 10.8. The first-order valence-corrected chi connectivity index (χ1v) is 12.3. The fourth-order valence-electron chi connectivity index (χ4n) is 3.22. The van der Waals surface area contributed by atoms with Crippen molar-refractivity contribution >= 4 is 46.3 Å². The van der Waals surface area contributed by atoms with E-state index < -0.39 is 0 Å². The Balaban J connectivity index is 1.60. The predicted molar refractivity (Wildman–Crippen MR) is 146 cm³/mol. The molecule has 0 saturated carbocycles. The summed E-state index contributed by atoms with van der Waals surface area (Å²) in [6.45, 7) is 6.89. The van der Waals surface area contributed by atoms with Crippen molar-refractivity contribution in [3.8, 4) is 11.5 Å². The number of carbonyl (C=O) groups is 1. The van der Waals surface area contributed by atoms with Gasteiger partial charge in [-0.05, 0) is 74.5 Å². The number of hydrazone groups is 1. The molecule has 0 unspecified atom stereocenters. The topological polar surface area (TPSA) is 59.9 Å². The van der Waals surface area contributed by atoms with Gasteiger partial charge in [0, 0.05) is 5.02 Å². The van der Waals surface area contributed by atoms with Gasteiger partial charge in [-0.25, -0.2) is 5.43 Å². The van der Waals surface area contributed by atoms with Crippen LogP contribution >= 0.6 is 34.2 Å². The van der Waals surface area contributed by atoms with E-state index in [2.05, 4.69) is 66.0 Å². The summed E-state index contributed by atoms with van der Waals surface area (Å²) in [5.74, 6) is 1.06. The molecule has 1 amide bonds. The Morgan fingerprint density at radius 2 is 1.71 bits per heavy atom. The van der Waals surface area contributed by atoms with Crippen LogP contribution in [-0.2, 0) is 23.2 Å². The second-order valence-corrected chi connectivity index (χ2v) is 10.5. The number of nitrogens with zero attached hydrogens (tertiary/aromatic N) is 1. The van der Waals surface area contributed by atoms with E-state index in [1.165, 1.54) is 5.56 Å². The summed E-state index contributed by atoms with van der Waals surface area (Å²) in [6.07, 6.45) is 1.86. The maximum absolute atomic E-state index is 12.3. The van der Waals surface area contributed by atoms with Crippen molar-refractivity contribution in [1.82, 2.24) is 5.43 Å². The third kappa shape index (κ3) is 7.46. The second kappa shape index (κ2) is 11.7. The van der Waals surface area contributed by atoms with Gasteiger partial charge < -0.3 is 9.47 Å². The van der Waals surface area contributed by atoms with Crippen LogP contribution in [0.3, 0.4) is 0 Å². The van der Waals surface area contributed by atoms with Gasteiger partial charge in [0.05, 0.1) is 23.3 Å². The lowest BCUT2D eigenvalue weighted by Crippen LogP contribution is -2.20. The van der Waals surface area contributed by atoms with Crippen LogP contribution in [0, 0.1) is 3.57 Å². The summed E-state index contributed by atoms with van der Waals surface area (Å²) in [4.78, 5) is 12.3. The number of methoxy groups -OCH3 is 1. The third-order valence-corrected chi connectivity index (χ3v) is 6.19. The van der Waals surface area contributed by atoms with Crippen molar-refractivity contribution in [3.63, 3.8) is 0 Å². The molecule has 7 heteroatoms. The first-order chi connectivity index (χ1) is 16.2. The molecule has 0 saturated heterocycles. The van der Waals surface area contributed by atoms with Crippen LogP contribution < -0.4 is 14.9 Å². The molecule has 0 bridgehead atoms. The molecular formula is C27H28ClIN2O3. The van der Waals surface area contributed by atoms with Crippen molar-refractivity contribution in [3.05, 3.63) is 91.5 Å². The quantitative estimate of drug-likeness (QED) is 0.185. The van der Waals surface area contributed by atoms with Gasteiger partial charge in [0.2, 0.25) is 5.91 Å². The van der Waals surface area contributed by atoms with Crippen LogP contribution in [0.5, 0.6) is 11.5 Å². The highest BCUT2D eigenvalue weighted by atomic mass is 127. The van der Waals surface area contributed by atoms with E-state index in [0.29, 0.717) is 23.1 Å². The van der Waals surface area contributed by atoms with Crippen LogP contribution in [0.15, 0.2) is 65.8 Å². The number of nitrogens with one attached hydrogen (secondary N) is 1. The molecule has 0 spiro atoms. The van der Waals surface area contributed by atoms with Gasteiger partial charge in [-0.3, -0.25) is 4.79 Å². The third-order valence-electron chi connectivity index (χ3n) is 5.14. The van der Waals surface area contributed by atoms with Crippen molar-refractivity contribution < 1.29 is 14.3 Å². The summed E-state index contributed by atoms with van der Waals surface area (Å²) in [5.41, 5.74) is 6.64. The number of hydrogen-bond acceptors (Lipinski definition) is 4. The maximum atomic E-state index is 12.3. The highest BCUT2D eigenvalue weighted by Gasteiger charge is 2.14. The molecule has 0 aliphatic rings. The van der Waals surface area contributed by atoms with Gasteiger partial charge >= 0.3 is 0 Å². The molecule has 5 nitrogen and oxygen atoms in total. The van der Waals surface area contributed by atoms with Crippen molar-refractivity contribution in [2.75, 3.05) is 7.11 Å². The van der Waals surface area contributed by atoms with Crippen LogP contribution in [0.25, 0.3) is 0 Å². The maximum Gasteiger partial charge on any atom is 0.244 e. The number of amides is 1. The molecule has 34 heavy (non-hydrogen) atoms. The lowest BCUT2D eigenvalue weighted by atomic mass is 9.86. The van der Waals surface area contributed by atoms with Crippen LogP contribution in [0.4, 0.5) is 0 Å². The summed E-state index contributed by atoms with van der Waals surface area (Å²) in [7, 11) is 1.59. The Morgan fingerprint density at radius 3 is 2.32 bits per heavy atom. The number of hydrogen-bond donors (Lipinski definition) is 1. The minimum absolute atomic E-state index is 0.0834. The average Bonchev–Trinajstić information content (AvgIpc) is 2.79. The molecule has 1 N–H and O–H groups in total. The van der Waals surface area contributed by atoms with E-state index in [1.54, 1.807) is 13.3 Å². The van der Waals surface area contributed by atoms with E-state index in [9.17, 15) is 4.79 Å². The molecule has 178 valence electrons. The van der Waals surface area contributed by atoms with E-state index in [1.807, 2.05) is 48.5 Å². The molecule has 0 aliphatic carbocycles. The number of carbonyl (C=O) groups excluding carboxylic acids is 1. The Bertz CT molecular complexity index is 1150. The molecule has 0 aromatic heterocycles. The van der Waals surface area contributed by atoms with E-state index in [0.717, 1.165) is 20.3 Å². The molecule has 0 heterocycles. The molecule has 0 atom stereocenters. The predicted octanol–water partition coefficient (Wildman–Crippen LogP) is 6.52. The normalized spacial score (nSPS) is 11.5. The Labute approximate surface area is 219 Å². The van der Waals surface area contributed by atoms with Gasteiger partial charge in [-0.1, -0.05) is 68.8 Å². The minimum Gasteiger partial charge on any atom is -0.493 e. The molecular weight excluding hydrogens is 563 g/mol. The smallest absolute Gasteiger partial charge is 0.244 e. The van der Waals surface area contributed by atoms with Gasteiger partial charge in [-0.15, -0.1) is 0 Å². The summed E-state index contributed by atoms with van der Waals surface area (Å²) < 4.78 is 12.4. The highest BCUT2D eigenvalue weighted by molar-refractivity contribution is 14.1.